The molecule has 7 heteroatoms. The lowest BCUT2D eigenvalue weighted by molar-refractivity contribution is -0.122. The van der Waals surface area contributed by atoms with Crippen molar-refractivity contribution in [2.24, 2.45) is 0 Å². The molecule has 3 N–H and O–H groups in total. The highest BCUT2D eigenvalue weighted by Crippen LogP contribution is 2.13. The molecule has 0 aromatic carbocycles. The highest BCUT2D eigenvalue weighted by molar-refractivity contribution is 7.85. The summed E-state index contributed by atoms with van der Waals surface area (Å²) in [6.45, 7) is 4.42. The summed E-state index contributed by atoms with van der Waals surface area (Å²) in [7, 11) is -4.33. The molecular weight excluding hydrogens is 522 g/mol. The van der Waals surface area contributed by atoms with E-state index < -0.39 is 28.0 Å². The second-order valence-electron chi connectivity index (χ2n) is 11.4. The second-order valence-corrected chi connectivity index (χ2v) is 12.9. The van der Waals surface area contributed by atoms with Crippen LogP contribution in [0.1, 0.15) is 162 Å². The Kier molecular flexibility index (Phi) is 27.1. The number of hydrogen-bond donors (Lipinski definition) is 3. The molecule has 0 rings (SSSR count). The van der Waals surface area contributed by atoms with Gasteiger partial charge in [-0.15, -0.1) is 0 Å². The van der Waals surface area contributed by atoms with Crippen molar-refractivity contribution in [1.82, 2.24) is 5.32 Å². The molecule has 2 unspecified atom stereocenters. The summed E-state index contributed by atoms with van der Waals surface area (Å²) in [5.74, 6) is -0.991. The van der Waals surface area contributed by atoms with Gasteiger partial charge in [0.05, 0.1) is 17.9 Å². The molecule has 0 aliphatic rings. The van der Waals surface area contributed by atoms with Gasteiger partial charge >= 0.3 is 0 Å². The van der Waals surface area contributed by atoms with Crippen molar-refractivity contribution in [3.05, 3.63) is 24.3 Å². The molecular formula is C33H63NO5S. The molecule has 0 aromatic heterocycles. The number of nitrogens with one attached hydrogen (secondary N) is 1. The van der Waals surface area contributed by atoms with Gasteiger partial charge in [0.15, 0.2) is 0 Å². The largest absolute Gasteiger partial charge is 0.387 e. The molecule has 0 saturated carbocycles. The summed E-state index contributed by atoms with van der Waals surface area (Å²) >= 11 is 0. The van der Waals surface area contributed by atoms with Crippen LogP contribution in [0.2, 0.25) is 0 Å². The van der Waals surface area contributed by atoms with Gasteiger partial charge in [-0.2, -0.15) is 8.42 Å². The first-order valence-electron chi connectivity index (χ1n) is 16.5. The van der Waals surface area contributed by atoms with Gasteiger partial charge in [0.25, 0.3) is 10.1 Å². The fraction of sp³-hybridized carbons (Fsp3) is 0.848. The number of hydrogen-bond acceptors (Lipinski definition) is 4. The Morgan fingerprint density at radius 1 is 0.650 bits per heavy atom. The highest BCUT2D eigenvalue weighted by atomic mass is 32.2. The first-order valence-corrected chi connectivity index (χ1v) is 18.1. The lowest BCUT2D eigenvalue weighted by atomic mass is 10.0. The number of allylic oxidation sites excluding steroid dienone is 3. The summed E-state index contributed by atoms with van der Waals surface area (Å²) < 4.78 is 32.2. The van der Waals surface area contributed by atoms with Gasteiger partial charge in [0.1, 0.15) is 0 Å². The summed E-state index contributed by atoms with van der Waals surface area (Å²) in [6, 6.07) is -1.06. The van der Waals surface area contributed by atoms with Crippen LogP contribution in [0.15, 0.2) is 24.3 Å². The Morgan fingerprint density at radius 3 is 1.60 bits per heavy atom. The van der Waals surface area contributed by atoms with E-state index in [1.807, 2.05) is 6.08 Å². The normalized spacial score (nSPS) is 13.8. The molecule has 0 radical (unpaired) electrons. The maximum atomic E-state index is 12.4. The van der Waals surface area contributed by atoms with Gasteiger partial charge in [-0.25, -0.2) is 0 Å². The van der Waals surface area contributed by atoms with Crippen molar-refractivity contribution >= 4 is 16.0 Å². The predicted molar refractivity (Wildman–Crippen MR) is 170 cm³/mol. The van der Waals surface area contributed by atoms with Crippen LogP contribution in [-0.2, 0) is 14.9 Å². The van der Waals surface area contributed by atoms with Gasteiger partial charge in [-0.3, -0.25) is 9.35 Å². The van der Waals surface area contributed by atoms with Gasteiger partial charge in [-0.05, 0) is 38.5 Å². The molecule has 0 aromatic rings. The van der Waals surface area contributed by atoms with E-state index in [4.69, 9.17) is 0 Å². The lowest BCUT2D eigenvalue weighted by Crippen LogP contribution is -2.46. The van der Waals surface area contributed by atoms with Crippen molar-refractivity contribution < 1.29 is 22.9 Å². The minimum Gasteiger partial charge on any atom is -0.387 e. The Balaban J connectivity index is 4.04. The average Bonchev–Trinajstić information content (AvgIpc) is 2.90. The fourth-order valence-electron chi connectivity index (χ4n) is 4.86. The zero-order valence-corrected chi connectivity index (χ0v) is 26.8. The topological polar surface area (TPSA) is 104 Å². The Hall–Kier alpha value is -1.18. The Bertz CT molecular complexity index is 735. The highest BCUT2D eigenvalue weighted by Gasteiger charge is 2.24. The van der Waals surface area contributed by atoms with Crippen LogP contribution in [0.3, 0.4) is 0 Å². The van der Waals surface area contributed by atoms with Crippen LogP contribution in [0.4, 0.5) is 0 Å². The molecule has 0 bridgehead atoms. The number of aliphatic hydroxyl groups excluding tert-OH is 1. The van der Waals surface area contributed by atoms with Gasteiger partial charge in [0.2, 0.25) is 5.91 Å². The molecule has 0 saturated heterocycles. The minimum absolute atomic E-state index is 0.285. The molecule has 2 atom stereocenters. The third-order valence-electron chi connectivity index (χ3n) is 7.35. The van der Waals surface area contributed by atoms with E-state index in [1.54, 1.807) is 6.08 Å². The fourth-order valence-corrected chi connectivity index (χ4v) is 5.60. The number of amides is 1. The van der Waals surface area contributed by atoms with Crippen molar-refractivity contribution in [3.8, 4) is 0 Å². The van der Waals surface area contributed by atoms with Gasteiger partial charge < -0.3 is 10.4 Å². The zero-order valence-electron chi connectivity index (χ0n) is 26.0. The van der Waals surface area contributed by atoms with Crippen LogP contribution >= 0.6 is 0 Å². The number of aliphatic hydroxyl groups is 1. The zero-order chi connectivity index (χ0) is 29.7. The van der Waals surface area contributed by atoms with Crippen molar-refractivity contribution in [1.29, 1.82) is 0 Å². The number of carbonyl (C=O) groups is 1. The van der Waals surface area contributed by atoms with Gasteiger partial charge in [-0.1, -0.05) is 141 Å². The van der Waals surface area contributed by atoms with Crippen molar-refractivity contribution in [2.45, 2.75) is 174 Å². The smallest absolute Gasteiger partial charge is 0.267 e. The molecule has 40 heavy (non-hydrogen) atoms. The maximum Gasteiger partial charge on any atom is 0.267 e. The Morgan fingerprint density at radius 2 is 1.10 bits per heavy atom. The quantitative estimate of drug-likeness (QED) is 0.0462. The summed E-state index contributed by atoms with van der Waals surface area (Å²) in [4.78, 5) is 12.4. The first-order chi connectivity index (χ1) is 19.3. The molecule has 6 nitrogen and oxygen atoms in total. The summed E-state index contributed by atoms with van der Waals surface area (Å²) in [5.41, 5.74) is 0. The van der Waals surface area contributed by atoms with Crippen LogP contribution in [0.5, 0.6) is 0 Å². The summed E-state index contributed by atoms with van der Waals surface area (Å²) in [6.07, 6.45) is 33.0. The van der Waals surface area contributed by atoms with Crippen LogP contribution in [0, 0.1) is 0 Å². The van der Waals surface area contributed by atoms with E-state index in [0.29, 0.717) is 0 Å². The van der Waals surface area contributed by atoms with Crippen molar-refractivity contribution in [2.75, 3.05) is 5.75 Å². The molecule has 0 fully saturated rings. The molecule has 1 amide bonds. The first kappa shape index (κ1) is 38.8. The molecule has 0 aliphatic heterocycles. The van der Waals surface area contributed by atoms with Crippen LogP contribution < -0.4 is 5.32 Å². The third kappa shape index (κ3) is 28.4. The number of rotatable bonds is 29. The van der Waals surface area contributed by atoms with E-state index in [2.05, 4.69) is 31.3 Å². The predicted octanol–water partition coefficient (Wildman–Crippen LogP) is 8.84. The molecule has 0 aliphatic carbocycles. The SMILES string of the molecule is CCC/C=C\CCCCCCCC(=O)NC(CS(=O)(=O)O)C(O)/C=C/CCCCCCCCCCCCCCC. The van der Waals surface area contributed by atoms with Crippen LogP contribution in [-0.4, -0.2) is 41.9 Å². The maximum absolute atomic E-state index is 12.4. The van der Waals surface area contributed by atoms with E-state index >= 15 is 0 Å². The molecule has 0 spiro atoms. The van der Waals surface area contributed by atoms with E-state index in [1.165, 1.54) is 77.0 Å². The second kappa shape index (κ2) is 28.0. The monoisotopic (exact) mass is 585 g/mol. The standard InChI is InChI=1S/C33H63NO5S/c1-3-5-7-9-11-13-15-16-17-18-19-20-22-24-26-28-32(35)31(30-40(37,38)39)34-33(36)29-27-25-23-21-14-12-10-8-6-4-2/h8,10,26,28,31-32,35H,3-7,9,11-25,27,29-30H2,1-2H3,(H,34,36)(H,37,38,39)/b10-8-,28-26+. The molecule has 236 valence electrons. The van der Waals surface area contributed by atoms with E-state index in [9.17, 15) is 22.9 Å². The van der Waals surface area contributed by atoms with Crippen molar-refractivity contribution in [3.63, 3.8) is 0 Å². The number of unbranched alkanes of at least 4 members (excludes halogenated alkanes) is 19. The van der Waals surface area contributed by atoms with Crippen LogP contribution in [0.25, 0.3) is 0 Å². The lowest BCUT2D eigenvalue weighted by Gasteiger charge is -2.21. The molecule has 0 heterocycles. The minimum atomic E-state index is -4.33. The summed E-state index contributed by atoms with van der Waals surface area (Å²) in [5, 5.41) is 13.1. The number of carbonyl (C=O) groups excluding carboxylic acids is 1. The third-order valence-corrected chi connectivity index (χ3v) is 8.13. The average molecular weight is 586 g/mol. The Labute approximate surface area is 247 Å². The van der Waals surface area contributed by atoms with E-state index in [0.717, 1.165) is 64.2 Å². The van der Waals surface area contributed by atoms with Gasteiger partial charge in [0, 0.05) is 6.42 Å². The van der Waals surface area contributed by atoms with E-state index in [-0.39, 0.29) is 12.3 Å².